The van der Waals surface area contributed by atoms with Crippen LogP contribution in [0.4, 0.5) is 0 Å². The summed E-state index contributed by atoms with van der Waals surface area (Å²) in [5.74, 6) is -2.28. The van der Waals surface area contributed by atoms with Gasteiger partial charge in [-0.05, 0) is 12.1 Å². The van der Waals surface area contributed by atoms with Crippen LogP contribution in [0, 0.1) is 0 Å². The molecule has 27 heavy (non-hydrogen) atoms. The average Bonchev–Trinajstić information content (AvgIpc) is 3.11. The van der Waals surface area contributed by atoms with Gasteiger partial charge in [-0.15, -0.1) is 11.3 Å². The normalized spacial score (nSPS) is 11.0. The molecular weight excluding hydrogens is 368 g/mol. The molecule has 134 valence electrons. The second-order valence-corrected chi connectivity index (χ2v) is 6.68. The molecule has 0 spiro atoms. The van der Waals surface area contributed by atoms with Crippen molar-refractivity contribution in [2.45, 2.75) is 0 Å². The van der Waals surface area contributed by atoms with Crippen molar-refractivity contribution in [3.8, 4) is 16.3 Å². The summed E-state index contributed by atoms with van der Waals surface area (Å²) in [7, 11) is 0. The van der Waals surface area contributed by atoms with Crippen LogP contribution < -0.4 is 5.32 Å². The van der Waals surface area contributed by atoms with E-state index in [-0.39, 0.29) is 11.4 Å². The molecule has 9 heteroatoms. The first-order valence-corrected chi connectivity index (χ1v) is 8.68. The number of carbonyl (C=O) groups excluding carboxylic acids is 1. The molecule has 4 rings (SSSR count). The largest absolute Gasteiger partial charge is 0.504 e. The average molecular weight is 380 g/mol. The maximum absolute atomic E-state index is 12.0. The van der Waals surface area contributed by atoms with Gasteiger partial charge in [-0.1, -0.05) is 18.2 Å². The van der Waals surface area contributed by atoms with Crippen LogP contribution in [0.25, 0.3) is 31.7 Å². The summed E-state index contributed by atoms with van der Waals surface area (Å²) in [6.45, 7) is -0.561. The van der Waals surface area contributed by atoms with Crippen LogP contribution in [-0.2, 0) is 4.79 Å². The Kier molecular flexibility index (Phi) is 4.13. The number of benzene rings is 1. The van der Waals surface area contributed by atoms with Crippen LogP contribution in [0.15, 0.2) is 42.7 Å². The highest BCUT2D eigenvalue weighted by Gasteiger charge is 2.19. The molecule has 3 heterocycles. The first-order valence-electron chi connectivity index (χ1n) is 7.86. The van der Waals surface area contributed by atoms with Crippen LogP contribution in [0.5, 0.6) is 5.75 Å². The van der Waals surface area contributed by atoms with E-state index in [9.17, 15) is 14.7 Å². The molecule has 4 aromatic rings. The Morgan fingerprint density at radius 1 is 1.11 bits per heavy atom. The topological polar surface area (TPSA) is 125 Å². The minimum absolute atomic E-state index is 0.240. The number of fused-ring (bicyclic) bond motifs is 2. The maximum Gasteiger partial charge on any atom is 0.322 e. The fourth-order valence-electron chi connectivity index (χ4n) is 2.60. The number of amides is 1. The zero-order chi connectivity index (χ0) is 19.0. The third-order valence-electron chi connectivity index (χ3n) is 3.86. The number of aliphatic carboxylic acids is 1. The van der Waals surface area contributed by atoms with E-state index in [0.29, 0.717) is 15.2 Å². The van der Waals surface area contributed by atoms with Gasteiger partial charge in [0.2, 0.25) is 0 Å². The van der Waals surface area contributed by atoms with Crippen molar-refractivity contribution >= 4 is 44.3 Å². The Morgan fingerprint density at radius 2 is 1.93 bits per heavy atom. The summed E-state index contributed by atoms with van der Waals surface area (Å²) in [5.41, 5.74) is 1.85. The van der Waals surface area contributed by atoms with E-state index in [1.807, 2.05) is 30.3 Å². The molecule has 0 radical (unpaired) electrons. The van der Waals surface area contributed by atoms with Crippen molar-refractivity contribution in [1.82, 2.24) is 20.3 Å². The Labute approximate surface area is 156 Å². The van der Waals surface area contributed by atoms with Crippen molar-refractivity contribution < 1.29 is 19.8 Å². The van der Waals surface area contributed by atoms with Crippen LogP contribution >= 0.6 is 11.3 Å². The highest BCUT2D eigenvalue weighted by atomic mass is 32.1. The molecule has 0 fully saturated rings. The second-order valence-electron chi connectivity index (χ2n) is 5.68. The van der Waals surface area contributed by atoms with E-state index in [1.165, 1.54) is 17.5 Å². The van der Waals surface area contributed by atoms with Gasteiger partial charge in [0.25, 0.3) is 5.91 Å². The molecule has 0 saturated carbocycles. The number of para-hydroxylation sites is 1. The van der Waals surface area contributed by atoms with Crippen LogP contribution in [-0.4, -0.2) is 43.6 Å². The number of nitrogens with one attached hydrogen (secondary N) is 1. The van der Waals surface area contributed by atoms with Crippen molar-refractivity contribution in [2.24, 2.45) is 0 Å². The van der Waals surface area contributed by atoms with Crippen LogP contribution in [0.2, 0.25) is 0 Å². The van der Waals surface area contributed by atoms with Crippen LogP contribution in [0.1, 0.15) is 10.5 Å². The standard InChI is InChI=1S/C18H12N4O4S/c23-13(24)8-21-17(26)14-15(25)16-12(7-20-14)22-18(27-16)10-5-9-3-1-2-4-11(9)19-6-10/h1-7,25H,8H2,(H,21,26)(H,23,24). The van der Waals surface area contributed by atoms with Crippen molar-refractivity contribution in [3.05, 3.63) is 48.4 Å². The van der Waals surface area contributed by atoms with Gasteiger partial charge in [-0.2, -0.15) is 0 Å². The number of nitrogens with zero attached hydrogens (tertiary/aromatic N) is 3. The third-order valence-corrected chi connectivity index (χ3v) is 4.99. The number of rotatable bonds is 4. The Morgan fingerprint density at radius 3 is 2.74 bits per heavy atom. The highest BCUT2D eigenvalue weighted by molar-refractivity contribution is 7.22. The summed E-state index contributed by atoms with van der Waals surface area (Å²) in [4.78, 5) is 35.4. The van der Waals surface area contributed by atoms with Gasteiger partial charge in [-0.25, -0.2) is 9.97 Å². The first-order chi connectivity index (χ1) is 13.0. The monoisotopic (exact) mass is 380 g/mol. The van der Waals surface area contributed by atoms with E-state index >= 15 is 0 Å². The Hall–Kier alpha value is -3.59. The fourth-order valence-corrected chi connectivity index (χ4v) is 3.56. The van der Waals surface area contributed by atoms with Gasteiger partial charge in [0.05, 0.1) is 11.7 Å². The predicted octanol–water partition coefficient (Wildman–Crippen LogP) is 2.43. The number of thiazole rings is 1. The zero-order valence-corrected chi connectivity index (χ0v) is 14.5. The molecule has 3 N–H and O–H groups in total. The SMILES string of the molecule is O=C(O)CNC(=O)c1ncc2nc(-c3cnc4ccccc4c3)sc2c1O. The number of hydrogen-bond acceptors (Lipinski definition) is 7. The fraction of sp³-hybridized carbons (Fsp3) is 0.0556. The lowest BCUT2D eigenvalue weighted by molar-refractivity contribution is -0.135. The highest BCUT2D eigenvalue weighted by Crippen LogP contribution is 2.36. The van der Waals surface area contributed by atoms with Crippen molar-refractivity contribution in [2.75, 3.05) is 6.54 Å². The molecule has 0 aliphatic heterocycles. The molecule has 8 nitrogen and oxygen atoms in total. The Bertz CT molecular complexity index is 1200. The Balaban J connectivity index is 1.74. The minimum atomic E-state index is -1.19. The number of pyridine rings is 2. The van der Waals surface area contributed by atoms with Gasteiger partial charge in [0.15, 0.2) is 11.4 Å². The summed E-state index contributed by atoms with van der Waals surface area (Å²) < 4.78 is 0.397. The lowest BCUT2D eigenvalue weighted by Gasteiger charge is -2.03. The summed E-state index contributed by atoms with van der Waals surface area (Å²) in [6, 6.07) is 9.64. The van der Waals surface area contributed by atoms with Crippen LogP contribution in [0.3, 0.4) is 0 Å². The predicted molar refractivity (Wildman–Crippen MR) is 99.8 cm³/mol. The van der Waals surface area contributed by atoms with E-state index in [0.717, 1.165) is 16.5 Å². The molecule has 0 bridgehead atoms. The van der Waals surface area contributed by atoms with Gasteiger partial charge < -0.3 is 15.5 Å². The smallest absolute Gasteiger partial charge is 0.322 e. The van der Waals surface area contributed by atoms with Gasteiger partial charge in [0.1, 0.15) is 21.8 Å². The third kappa shape index (κ3) is 3.15. The molecule has 1 aromatic carbocycles. The van der Waals surface area contributed by atoms with E-state index < -0.39 is 18.4 Å². The molecule has 0 unspecified atom stereocenters. The van der Waals surface area contributed by atoms with Gasteiger partial charge in [-0.3, -0.25) is 14.6 Å². The first kappa shape index (κ1) is 16.9. The second kappa shape index (κ2) is 6.61. The lowest BCUT2D eigenvalue weighted by Crippen LogP contribution is -2.29. The summed E-state index contributed by atoms with van der Waals surface area (Å²) in [6.07, 6.45) is 3.07. The number of aromatic hydroxyl groups is 1. The molecule has 1 amide bonds. The number of hydrogen-bond donors (Lipinski definition) is 3. The number of aromatic nitrogens is 3. The summed E-state index contributed by atoms with van der Waals surface area (Å²) >= 11 is 1.20. The summed E-state index contributed by atoms with van der Waals surface area (Å²) in [5, 5.41) is 22.8. The zero-order valence-electron chi connectivity index (χ0n) is 13.7. The number of carbonyl (C=O) groups is 2. The van der Waals surface area contributed by atoms with E-state index in [4.69, 9.17) is 5.11 Å². The molecule has 0 saturated heterocycles. The lowest BCUT2D eigenvalue weighted by atomic mass is 10.2. The molecular formula is C18H12N4O4S. The number of carboxylic acid groups (broad SMARTS) is 1. The van der Waals surface area contributed by atoms with Gasteiger partial charge in [0, 0.05) is 17.1 Å². The molecule has 0 atom stereocenters. The van der Waals surface area contributed by atoms with E-state index in [2.05, 4.69) is 20.3 Å². The minimum Gasteiger partial charge on any atom is -0.504 e. The van der Waals surface area contributed by atoms with E-state index in [1.54, 1.807) is 6.20 Å². The molecule has 0 aliphatic rings. The number of carboxylic acids is 1. The molecule has 3 aromatic heterocycles. The quantitative estimate of drug-likeness (QED) is 0.496. The van der Waals surface area contributed by atoms with Crippen molar-refractivity contribution in [3.63, 3.8) is 0 Å². The van der Waals surface area contributed by atoms with Gasteiger partial charge >= 0.3 is 5.97 Å². The van der Waals surface area contributed by atoms with Crippen molar-refractivity contribution in [1.29, 1.82) is 0 Å². The maximum atomic E-state index is 12.0. The molecule has 0 aliphatic carbocycles.